The van der Waals surface area contributed by atoms with Crippen LogP contribution in [0, 0.1) is 5.82 Å². The lowest BCUT2D eigenvalue weighted by atomic mass is 10.2. The van der Waals surface area contributed by atoms with Gasteiger partial charge in [-0.1, -0.05) is 25.0 Å². The summed E-state index contributed by atoms with van der Waals surface area (Å²) in [7, 11) is 1.79. The van der Waals surface area contributed by atoms with Gasteiger partial charge in [0.15, 0.2) is 5.11 Å². The molecule has 1 aliphatic carbocycles. The Bertz CT molecular complexity index is 402. The van der Waals surface area contributed by atoms with Crippen molar-refractivity contribution in [2.75, 3.05) is 11.9 Å². The van der Waals surface area contributed by atoms with Crippen LogP contribution in [0.5, 0.6) is 0 Å². The predicted molar refractivity (Wildman–Crippen MR) is 72.8 cm³/mol. The van der Waals surface area contributed by atoms with E-state index in [0.29, 0.717) is 16.8 Å². The van der Waals surface area contributed by atoms with Crippen LogP contribution < -0.4 is 10.2 Å². The van der Waals surface area contributed by atoms with Crippen LogP contribution in [-0.4, -0.2) is 18.2 Å². The van der Waals surface area contributed by atoms with Crippen molar-refractivity contribution in [2.24, 2.45) is 0 Å². The second-order valence-electron chi connectivity index (χ2n) is 4.44. The summed E-state index contributed by atoms with van der Waals surface area (Å²) in [5.41, 5.74) is 0.517. The summed E-state index contributed by atoms with van der Waals surface area (Å²) in [5.74, 6) is -0.245. The van der Waals surface area contributed by atoms with Crippen molar-refractivity contribution >= 4 is 23.0 Å². The van der Waals surface area contributed by atoms with Crippen LogP contribution in [-0.2, 0) is 0 Å². The quantitative estimate of drug-likeness (QED) is 0.814. The van der Waals surface area contributed by atoms with Crippen molar-refractivity contribution in [3.05, 3.63) is 30.1 Å². The van der Waals surface area contributed by atoms with Crippen molar-refractivity contribution in [2.45, 2.75) is 31.7 Å². The van der Waals surface area contributed by atoms with Crippen molar-refractivity contribution in [1.29, 1.82) is 0 Å². The third-order valence-electron chi connectivity index (χ3n) is 3.20. The molecule has 1 fully saturated rings. The fourth-order valence-corrected chi connectivity index (χ4v) is 2.44. The van der Waals surface area contributed by atoms with Gasteiger partial charge in [0.25, 0.3) is 0 Å². The summed E-state index contributed by atoms with van der Waals surface area (Å²) in [6, 6.07) is 7.13. The lowest BCUT2D eigenvalue weighted by Gasteiger charge is -2.24. The molecule has 2 rings (SSSR count). The molecule has 0 aliphatic heterocycles. The normalized spacial score (nSPS) is 15.9. The minimum Gasteiger partial charge on any atom is -0.360 e. The van der Waals surface area contributed by atoms with Crippen LogP contribution >= 0.6 is 12.2 Å². The van der Waals surface area contributed by atoms with E-state index in [1.165, 1.54) is 18.9 Å². The molecule has 0 aromatic heterocycles. The highest BCUT2D eigenvalue weighted by Crippen LogP contribution is 2.20. The highest BCUT2D eigenvalue weighted by atomic mass is 32.1. The Morgan fingerprint density at radius 1 is 1.35 bits per heavy atom. The van der Waals surface area contributed by atoms with Crippen LogP contribution in [0.4, 0.5) is 10.1 Å². The van der Waals surface area contributed by atoms with E-state index in [9.17, 15) is 4.39 Å². The van der Waals surface area contributed by atoms with Crippen LogP contribution in [0.3, 0.4) is 0 Å². The first-order chi connectivity index (χ1) is 8.18. The van der Waals surface area contributed by atoms with Crippen LogP contribution in [0.1, 0.15) is 25.7 Å². The largest absolute Gasteiger partial charge is 0.360 e. The SMILES string of the molecule is CN(C(=S)NC1CCCC1)c1ccccc1F. The average Bonchev–Trinajstić information content (AvgIpc) is 2.81. The van der Waals surface area contributed by atoms with Gasteiger partial charge in [0.05, 0.1) is 5.69 Å². The Balaban J connectivity index is 2.01. The maximum Gasteiger partial charge on any atom is 0.173 e. The van der Waals surface area contributed by atoms with Gasteiger partial charge in [-0.05, 0) is 37.2 Å². The Morgan fingerprint density at radius 3 is 2.65 bits per heavy atom. The van der Waals surface area contributed by atoms with E-state index in [1.54, 1.807) is 24.1 Å². The first-order valence-electron chi connectivity index (χ1n) is 5.97. The van der Waals surface area contributed by atoms with Crippen LogP contribution in [0.25, 0.3) is 0 Å². The van der Waals surface area contributed by atoms with Gasteiger partial charge in [0, 0.05) is 13.1 Å². The van der Waals surface area contributed by atoms with Gasteiger partial charge in [0.2, 0.25) is 0 Å². The zero-order valence-electron chi connectivity index (χ0n) is 9.95. The maximum atomic E-state index is 13.6. The molecule has 1 aromatic carbocycles. The lowest BCUT2D eigenvalue weighted by Crippen LogP contribution is -2.42. The summed E-state index contributed by atoms with van der Waals surface area (Å²) in [6.45, 7) is 0. The van der Waals surface area contributed by atoms with E-state index in [4.69, 9.17) is 12.2 Å². The Kier molecular flexibility index (Phi) is 3.94. The maximum absolute atomic E-state index is 13.6. The molecule has 0 heterocycles. The van der Waals surface area contributed by atoms with Gasteiger partial charge in [-0.15, -0.1) is 0 Å². The second kappa shape index (κ2) is 5.45. The molecule has 0 bridgehead atoms. The number of nitrogens with one attached hydrogen (secondary N) is 1. The number of benzene rings is 1. The van der Waals surface area contributed by atoms with Gasteiger partial charge < -0.3 is 10.2 Å². The molecule has 0 unspecified atom stereocenters. The first kappa shape index (κ1) is 12.3. The summed E-state index contributed by atoms with van der Waals surface area (Å²) < 4.78 is 13.6. The van der Waals surface area contributed by atoms with Crippen LogP contribution in [0.2, 0.25) is 0 Å². The fraction of sp³-hybridized carbons (Fsp3) is 0.462. The monoisotopic (exact) mass is 252 g/mol. The fourth-order valence-electron chi connectivity index (χ4n) is 2.17. The van der Waals surface area contributed by atoms with Crippen molar-refractivity contribution < 1.29 is 4.39 Å². The highest BCUT2D eigenvalue weighted by molar-refractivity contribution is 7.80. The molecule has 92 valence electrons. The summed E-state index contributed by atoms with van der Waals surface area (Å²) in [4.78, 5) is 1.70. The van der Waals surface area contributed by atoms with Gasteiger partial charge in [-0.25, -0.2) is 4.39 Å². The number of para-hydroxylation sites is 1. The summed E-state index contributed by atoms with van der Waals surface area (Å²) in [6.07, 6.45) is 4.82. The molecular weight excluding hydrogens is 235 g/mol. The molecule has 0 amide bonds. The van der Waals surface area contributed by atoms with Crippen LogP contribution in [0.15, 0.2) is 24.3 Å². The number of hydrogen-bond donors (Lipinski definition) is 1. The van der Waals surface area contributed by atoms with E-state index < -0.39 is 0 Å². The lowest BCUT2D eigenvalue weighted by molar-refractivity contribution is 0.619. The first-order valence-corrected chi connectivity index (χ1v) is 6.38. The molecule has 4 heteroatoms. The predicted octanol–water partition coefficient (Wildman–Crippen LogP) is 3.08. The third kappa shape index (κ3) is 2.94. The van der Waals surface area contributed by atoms with Crippen molar-refractivity contribution in [1.82, 2.24) is 5.32 Å². The van der Waals surface area contributed by atoms with Crippen molar-refractivity contribution in [3.63, 3.8) is 0 Å². The topological polar surface area (TPSA) is 15.3 Å². The average molecular weight is 252 g/mol. The Labute approximate surface area is 107 Å². The van der Waals surface area contributed by atoms with E-state index in [0.717, 1.165) is 12.8 Å². The van der Waals surface area contributed by atoms with Crippen molar-refractivity contribution in [3.8, 4) is 0 Å². The van der Waals surface area contributed by atoms with Gasteiger partial charge >= 0.3 is 0 Å². The number of anilines is 1. The minimum atomic E-state index is -0.245. The Morgan fingerprint density at radius 2 is 2.00 bits per heavy atom. The molecular formula is C13H17FN2S. The van der Waals surface area contributed by atoms with Gasteiger partial charge in [-0.3, -0.25) is 0 Å². The zero-order chi connectivity index (χ0) is 12.3. The molecule has 1 N–H and O–H groups in total. The highest BCUT2D eigenvalue weighted by Gasteiger charge is 2.18. The molecule has 0 radical (unpaired) electrons. The Hall–Kier alpha value is -1.16. The molecule has 1 saturated carbocycles. The number of hydrogen-bond acceptors (Lipinski definition) is 1. The van der Waals surface area contributed by atoms with E-state index >= 15 is 0 Å². The van der Waals surface area contributed by atoms with Gasteiger partial charge in [-0.2, -0.15) is 0 Å². The van der Waals surface area contributed by atoms with E-state index in [-0.39, 0.29) is 5.82 Å². The van der Waals surface area contributed by atoms with E-state index in [2.05, 4.69) is 5.32 Å². The summed E-state index contributed by atoms with van der Waals surface area (Å²) >= 11 is 5.30. The number of rotatable bonds is 2. The summed E-state index contributed by atoms with van der Waals surface area (Å²) in [5, 5.41) is 3.89. The smallest absolute Gasteiger partial charge is 0.173 e. The molecule has 2 nitrogen and oxygen atoms in total. The minimum absolute atomic E-state index is 0.245. The second-order valence-corrected chi connectivity index (χ2v) is 4.83. The van der Waals surface area contributed by atoms with E-state index in [1.807, 2.05) is 6.07 Å². The number of halogens is 1. The molecule has 1 aliphatic rings. The molecule has 1 aromatic rings. The number of nitrogens with zero attached hydrogens (tertiary/aromatic N) is 1. The molecule has 17 heavy (non-hydrogen) atoms. The molecule has 0 saturated heterocycles. The zero-order valence-corrected chi connectivity index (χ0v) is 10.8. The third-order valence-corrected chi connectivity index (χ3v) is 3.59. The number of thiocarbonyl (C=S) groups is 1. The standard InChI is InChI=1S/C13H17FN2S/c1-16(12-9-5-4-8-11(12)14)13(17)15-10-6-2-3-7-10/h4-5,8-10H,2-3,6-7H2,1H3,(H,15,17). The van der Waals surface area contributed by atoms with Gasteiger partial charge in [0.1, 0.15) is 5.82 Å². The molecule has 0 atom stereocenters. The molecule has 0 spiro atoms.